The van der Waals surface area contributed by atoms with Crippen molar-refractivity contribution in [3.8, 4) is 0 Å². The van der Waals surface area contributed by atoms with Gasteiger partial charge in [0, 0.05) is 0 Å². The third kappa shape index (κ3) is 3.46. The van der Waals surface area contributed by atoms with E-state index in [4.69, 9.17) is 5.11 Å². The van der Waals surface area contributed by atoms with E-state index in [9.17, 15) is 8.42 Å². The monoisotopic (exact) mass is 271 g/mol. The van der Waals surface area contributed by atoms with Gasteiger partial charge in [-0.1, -0.05) is 39.0 Å². The molecule has 1 aromatic rings. The van der Waals surface area contributed by atoms with E-state index in [2.05, 4.69) is 4.72 Å². The molecule has 0 radical (unpaired) electrons. The molecule has 1 aromatic carbocycles. The van der Waals surface area contributed by atoms with Crippen molar-refractivity contribution in [2.75, 3.05) is 11.3 Å². The number of aliphatic hydroxyl groups is 1. The Morgan fingerprint density at radius 2 is 1.83 bits per heavy atom. The van der Waals surface area contributed by atoms with Crippen LogP contribution in [-0.2, 0) is 15.4 Å². The smallest absolute Gasteiger partial charge is 0.237 e. The van der Waals surface area contributed by atoms with Crippen LogP contribution in [0.15, 0.2) is 24.3 Å². The number of anilines is 1. The van der Waals surface area contributed by atoms with Crippen LogP contribution >= 0.6 is 0 Å². The van der Waals surface area contributed by atoms with Crippen LogP contribution < -0.4 is 4.72 Å². The molecule has 5 heteroatoms. The number of hydrogen-bond acceptors (Lipinski definition) is 3. The summed E-state index contributed by atoms with van der Waals surface area (Å²) >= 11 is 0. The van der Waals surface area contributed by atoms with E-state index < -0.39 is 21.9 Å². The summed E-state index contributed by atoms with van der Waals surface area (Å²) in [6.45, 7) is 7.15. The zero-order chi connectivity index (χ0) is 14.0. The van der Waals surface area contributed by atoms with Gasteiger partial charge in [-0.25, -0.2) is 8.42 Å². The van der Waals surface area contributed by atoms with Crippen molar-refractivity contribution in [1.29, 1.82) is 0 Å². The largest absolute Gasteiger partial charge is 0.395 e. The van der Waals surface area contributed by atoms with Crippen molar-refractivity contribution < 1.29 is 13.5 Å². The number of rotatable bonds is 4. The number of benzene rings is 1. The minimum absolute atomic E-state index is 0.151. The standard InChI is InChI=1S/C13H21NO3S/c1-10(9-15)18(16,17)14-12-8-6-5-7-11(12)13(2,3)4/h5-8,10,14-15H,9H2,1-4H3. The molecule has 1 rings (SSSR count). The highest BCUT2D eigenvalue weighted by Crippen LogP contribution is 2.30. The van der Waals surface area contributed by atoms with Crippen molar-refractivity contribution >= 4 is 15.7 Å². The zero-order valence-corrected chi connectivity index (χ0v) is 12.1. The predicted molar refractivity (Wildman–Crippen MR) is 74.2 cm³/mol. The maximum atomic E-state index is 11.9. The Bertz CT molecular complexity index is 503. The summed E-state index contributed by atoms with van der Waals surface area (Å²) < 4.78 is 26.4. The molecule has 4 nitrogen and oxygen atoms in total. The first-order chi connectivity index (χ1) is 8.18. The molecular formula is C13H21NO3S. The number of hydrogen-bond donors (Lipinski definition) is 2. The SMILES string of the molecule is CC(CO)S(=O)(=O)Nc1ccccc1C(C)(C)C. The van der Waals surface area contributed by atoms with Gasteiger partial charge < -0.3 is 5.11 Å². The van der Waals surface area contributed by atoms with Gasteiger partial charge in [-0.05, 0) is 24.0 Å². The van der Waals surface area contributed by atoms with Crippen LogP contribution in [0, 0.1) is 0 Å². The maximum Gasteiger partial charge on any atom is 0.237 e. The number of para-hydroxylation sites is 1. The highest BCUT2D eigenvalue weighted by Gasteiger charge is 2.23. The Morgan fingerprint density at radius 1 is 1.28 bits per heavy atom. The second kappa shape index (κ2) is 5.28. The quantitative estimate of drug-likeness (QED) is 0.881. The van der Waals surface area contributed by atoms with Gasteiger partial charge >= 0.3 is 0 Å². The molecule has 18 heavy (non-hydrogen) atoms. The zero-order valence-electron chi connectivity index (χ0n) is 11.3. The average molecular weight is 271 g/mol. The highest BCUT2D eigenvalue weighted by molar-refractivity contribution is 7.93. The predicted octanol–water partition coefficient (Wildman–Crippen LogP) is 2.11. The summed E-state index contributed by atoms with van der Waals surface area (Å²) in [5.41, 5.74) is 1.35. The van der Waals surface area contributed by atoms with Gasteiger partial charge in [-0.2, -0.15) is 0 Å². The van der Waals surface area contributed by atoms with Crippen LogP contribution in [-0.4, -0.2) is 25.4 Å². The summed E-state index contributed by atoms with van der Waals surface area (Å²) in [6.07, 6.45) is 0. The molecule has 0 spiro atoms. The minimum Gasteiger partial charge on any atom is -0.395 e. The Labute approximate surface area is 109 Å². The van der Waals surface area contributed by atoms with Crippen LogP contribution in [0.3, 0.4) is 0 Å². The lowest BCUT2D eigenvalue weighted by molar-refractivity contribution is 0.296. The molecule has 1 unspecified atom stereocenters. The van der Waals surface area contributed by atoms with Gasteiger partial charge in [-0.15, -0.1) is 0 Å². The fourth-order valence-corrected chi connectivity index (χ4v) is 2.46. The topological polar surface area (TPSA) is 66.4 Å². The Kier molecular flexibility index (Phi) is 4.40. The second-order valence-electron chi connectivity index (χ2n) is 5.44. The summed E-state index contributed by atoms with van der Waals surface area (Å²) in [7, 11) is -3.55. The van der Waals surface area contributed by atoms with Gasteiger partial charge in [0.1, 0.15) is 5.25 Å². The van der Waals surface area contributed by atoms with E-state index in [-0.39, 0.29) is 5.41 Å². The summed E-state index contributed by atoms with van der Waals surface area (Å²) in [5, 5.41) is 8.13. The van der Waals surface area contributed by atoms with Crippen LogP contribution in [0.5, 0.6) is 0 Å². The second-order valence-corrected chi connectivity index (χ2v) is 7.53. The normalized spacial score (nSPS) is 14.3. The fourth-order valence-electron chi connectivity index (χ4n) is 1.58. The Balaban J connectivity index is 3.14. The molecule has 0 saturated carbocycles. The number of nitrogens with one attached hydrogen (secondary N) is 1. The molecule has 0 aromatic heterocycles. The molecule has 0 aliphatic carbocycles. The lowest BCUT2D eigenvalue weighted by Crippen LogP contribution is -2.29. The molecule has 102 valence electrons. The van der Waals surface area contributed by atoms with Crippen LogP contribution in [0.2, 0.25) is 0 Å². The Morgan fingerprint density at radius 3 is 2.33 bits per heavy atom. The lowest BCUT2D eigenvalue weighted by atomic mass is 9.86. The van der Waals surface area contributed by atoms with E-state index in [0.717, 1.165) is 5.56 Å². The molecule has 1 atom stereocenters. The highest BCUT2D eigenvalue weighted by atomic mass is 32.2. The van der Waals surface area contributed by atoms with Gasteiger partial charge in [0.25, 0.3) is 0 Å². The number of aliphatic hydroxyl groups excluding tert-OH is 1. The molecule has 0 saturated heterocycles. The molecular weight excluding hydrogens is 250 g/mol. The van der Waals surface area contributed by atoms with Crippen LogP contribution in [0.25, 0.3) is 0 Å². The van der Waals surface area contributed by atoms with E-state index in [1.165, 1.54) is 6.92 Å². The third-order valence-corrected chi connectivity index (χ3v) is 4.49. The summed E-state index contributed by atoms with van der Waals surface area (Å²) in [5.74, 6) is 0. The molecule has 0 aliphatic rings. The van der Waals surface area contributed by atoms with E-state index in [1.54, 1.807) is 12.1 Å². The van der Waals surface area contributed by atoms with Gasteiger partial charge in [0.15, 0.2) is 0 Å². The summed E-state index contributed by atoms with van der Waals surface area (Å²) in [6, 6.07) is 7.31. The van der Waals surface area contributed by atoms with Crippen molar-refractivity contribution in [3.63, 3.8) is 0 Å². The van der Waals surface area contributed by atoms with Crippen molar-refractivity contribution in [1.82, 2.24) is 0 Å². The molecule has 0 aliphatic heterocycles. The average Bonchev–Trinajstić information content (AvgIpc) is 2.26. The van der Waals surface area contributed by atoms with Crippen LogP contribution in [0.4, 0.5) is 5.69 Å². The fraction of sp³-hybridized carbons (Fsp3) is 0.538. The van der Waals surface area contributed by atoms with Gasteiger partial charge in [-0.3, -0.25) is 4.72 Å². The van der Waals surface area contributed by atoms with Gasteiger partial charge in [0.05, 0.1) is 12.3 Å². The Hall–Kier alpha value is -1.07. The van der Waals surface area contributed by atoms with Crippen molar-refractivity contribution in [2.24, 2.45) is 0 Å². The maximum absolute atomic E-state index is 11.9. The molecule has 0 amide bonds. The van der Waals surface area contributed by atoms with Crippen LogP contribution in [0.1, 0.15) is 33.3 Å². The van der Waals surface area contributed by atoms with Gasteiger partial charge in [0.2, 0.25) is 10.0 Å². The molecule has 2 N–H and O–H groups in total. The van der Waals surface area contributed by atoms with E-state index in [1.807, 2.05) is 32.9 Å². The van der Waals surface area contributed by atoms with Crippen molar-refractivity contribution in [2.45, 2.75) is 38.4 Å². The number of sulfonamides is 1. The summed E-state index contributed by atoms with van der Waals surface area (Å²) in [4.78, 5) is 0. The first-order valence-corrected chi connectivity index (χ1v) is 7.45. The first-order valence-electron chi connectivity index (χ1n) is 5.90. The first kappa shape index (κ1) is 15.0. The molecule has 0 fully saturated rings. The third-order valence-electron chi connectivity index (χ3n) is 2.77. The molecule has 0 bridgehead atoms. The van der Waals surface area contributed by atoms with E-state index >= 15 is 0 Å². The lowest BCUT2D eigenvalue weighted by Gasteiger charge is -2.24. The van der Waals surface area contributed by atoms with Crippen molar-refractivity contribution in [3.05, 3.63) is 29.8 Å². The van der Waals surface area contributed by atoms with E-state index in [0.29, 0.717) is 5.69 Å². The molecule has 0 heterocycles. The minimum atomic E-state index is -3.55.